The second kappa shape index (κ2) is 7.77. The van der Waals surface area contributed by atoms with E-state index in [1.807, 2.05) is 6.92 Å². The Balaban J connectivity index is 2.56. The number of hydrogen-bond donors (Lipinski definition) is 0. The van der Waals surface area contributed by atoms with Gasteiger partial charge in [0.2, 0.25) is 5.91 Å². The predicted octanol–water partition coefficient (Wildman–Crippen LogP) is 2.03. The molecule has 1 amide bonds. The molecule has 4 nitrogen and oxygen atoms in total. The van der Waals surface area contributed by atoms with Crippen LogP contribution < -0.4 is 0 Å². The van der Waals surface area contributed by atoms with Gasteiger partial charge in [-0.25, -0.2) is 0 Å². The third-order valence-corrected chi connectivity index (χ3v) is 3.46. The summed E-state index contributed by atoms with van der Waals surface area (Å²) in [6.45, 7) is 9.33. The maximum atomic E-state index is 11.6. The number of rotatable bonds is 5. The van der Waals surface area contributed by atoms with E-state index in [1.54, 1.807) is 11.0 Å². The van der Waals surface area contributed by atoms with E-state index in [4.69, 9.17) is 21.1 Å². The SMILES string of the molecule is C=CCN(CC1OCCC(C)C(C)O1)C(=O)CCl. The lowest BCUT2D eigenvalue weighted by Gasteiger charge is -2.27. The highest BCUT2D eigenvalue weighted by Gasteiger charge is 2.26. The molecule has 0 aromatic rings. The van der Waals surface area contributed by atoms with E-state index in [1.165, 1.54) is 0 Å². The van der Waals surface area contributed by atoms with Crippen LogP contribution in [0.2, 0.25) is 0 Å². The van der Waals surface area contributed by atoms with E-state index >= 15 is 0 Å². The summed E-state index contributed by atoms with van der Waals surface area (Å²) in [6, 6.07) is 0. The van der Waals surface area contributed by atoms with E-state index in [0.717, 1.165) is 6.42 Å². The number of carbonyl (C=O) groups excluding carboxylic acids is 1. The summed E-state index contributed by atoms with van der Waals surface area (Å²) >= 11 is 5.58. The van der Waals surface area contributed by atoms with Crippen molar-refractivity contribution in [2.75, 3.05) is 25.6 Å². The molecule has 5 heteroatoms. The van der Waals surface area contributed by atoms with Gasteiger partial charge in [0.05, 0.1) is 19.3 Å². The minimum Gasteiger partial charge on any atom is -0.351 e. The summed E-state index contributed by atoms with van der Waals surface area (Å²) in [6.07, 6.45) is 2.40. The molecule has 1 fully saturated rings. The number of amides is 1. The first-order valence-corrected chi connectivity index (χ1v) is 6.83. The van der Waals surface area contributed by atoms with E-state index in [9.17, 15) is 4.79 Å². The van der Waals surface area contributed by atoms with Gasteiger partial charge in [0.15, 0.2) is 6.29 Å². The highest BCUT2D eigenvalue weighted by Crippen LogP contribution is 2.19. The Morgan fingerprint density at radius 3 is 2.89 bits per heavy atom. The molecule has 3 unspecified atom stereocenters. The van der Waals surface area contributed by atoms with Crippen LogP contribution in [0, 0.1) is 5.92 Å². The molecule has 0 bridgehead atoms. The van der Waals surface area contributed by atoms with Crippen LogP contribution in [0.3, 0.4) is 0 Å². The Labute approximate surface area is 114 Å². The molecule has 1 rings (SSSR count). The first kappa shape index (κ1) is 15.5. The zero-order valence-electron chi connectivity index (χ0n) is 11.1. The monoisotopic (exact) mass is 275 g/mol. The lowest BCUT2D eigenvalue weighted by Crippen LogP contribution is -2.41. The molecule has 1 heterocycles. The fourth-order valence-corrected chi connectivity index (χ4v) is 2.00. The lowest BCUT2D eigenvalue weighted by molar-refractivity contribution is -0.168. The zero-order valence-corrected chi connectivity index (χ0v) is 11.9. The standard InChI is InChI=1S/C13H22ClNO3/c1-4-6-15(12(16)8-14)9-13-17-7-5-10(2)11(3)18-13/h4,10-11,13H,1,5-9H2,2-3H3. The Kier molecular flexibility index (Phi) is 6.68. The van der Waals surface area contributed by atoms with E-state index in [2.05, 4.69) is 13.5 Å². The minimum absolute atomic E-state index is 0.0352. The third kappa shape index (κ3) is 4.59. The van der Waals surface area contributed by atoms with Gasteiger partial charge < -0.3 is 14.4 Å². The Morgan fingerprint density at radius 1 is 1.56 bits per heavy atom. The van der Waals surface area contributed by atoms with Crippen molar-refractivity contribution in [3.8, 4) is 0 Å². The van der Waals surface area contributed by atoms with Crippen molar-refractivity contribution in [2.45, 2.75) is 32.7 Å². The number of nitrogens with zero attached hydrogens (tertiary/aromatic N) is 1. The van der Waals surface area contributed by atoms with Crippen molar-refractivity contribution in [1.29, 1.82) is 0 Å². The number of hydrogen-bond acceptors (Lipinski definition) is 3. The molecule has 3 atom stereocenters. The molecular weight excluding hydrogens is 254 g/mol. The maximum Gasteiger partial charge on any atom is 0.237 e. The van der Waals surface area contributed by atoms with Gasteiger partial charge in [0.25, 0.3) is 0 Å². The second-order valence-electron chi connectivity index (χ2n) is 4.63. The molecule has 0 saturated carbocycles. The van der Waals surface area contributed by atoms with Crippen molar-refractivity contribution < 1.29 is 14.3 Å². The molecule has 1 saturated heterocycles. The molecule has 104 valence electrons. The molecule has 0 aromatic carbocycles. The first-order chi connectivity index (χ1) is 8.58. The van der Waals surface area contributed by atoms with Crippen LogP contribution in [0.4, 0.5) is 0 Å². The topological polar surface area (TPSA) is 38.8 Å². The summed E-state index contributed by atoms with van der Waals surface area (Å²) in [5, 5.41) is 0. The molecule has 1 aliphatic rings. The number of halogens is 1. The zero-order chi connectivity index (χ0) is 13.5. The molecule has 0 spiro atoms. The predicted molar refractivity (Wildman–Crippen MR) is 71.6 cm³/mol. The molecule has 0 aliphatic carbocycles. The van der Waals surface area contributed by atoms with E-state index in [0.29, 0.717) is 25.6 Å². The van der Waals surface area contributed by atoms with Crippen LogP contribution in [0.5, 0.6) is 0 Å². The largest absolute Gasteiger partial charge is 0.351 e. The normalized spacial score (nSPS) is 28.5. The average Bonchev–Trinajstić information content (AvgIpc) is 2.50. The van der Waals surface area contributed by atoms with Crippen LogP contribution >= 0.6 is 11.6 Å². The van der Waals surface area contributed by atoms with Gasteiger partial charge in [-0.1, -0.05) is 13.0 Å². The van der Waals surface area contributed by atoms with Crippen LogP contribution in [0.25, 0.3) is 0 Å². The highest BCUT2D eigenvalue weighted by molar-refractivity contribution is 6.27. The Morgan fingerprint density at radius 2 is 2.28 bits per heavy atom. The van der Waals surface area contributed by atoms with Gasteiger partial charge in [0.1, 0.15) is 5.88 Å². The van der Waals surface area contributed by atoms with Crippen molar-refractivity contribution in [3.05, 3.63) is 12.7 Å². The molecule has 1 aliphatic heterocycles. The molecule has 18 heavy (non-hydrogen) atoms. The van der Waals surface area contributed by atoms with E-state index in [-0.39, 0.29) is 24.2 Å². The molecule has 0 N–H and O–H groups in total. The van der Waals surface area contributed by atoms with Gasteiger partial charge in [0, 0.05) is 6.54 Å². The first-order valence-electron chi connectivity index (χ1n) is 6.30. The summed E-state index contributed by atoms with van der Waals surface area (Å²) in [7, 11) is 0. The van der Waals surface area contributed by atoms with Crippen LogP contribution in [0.15, 0.2) is 12.7 Å². The molecular formula is C13H22ClNO3. The fraction of sp³-hybridized carbons (Fsp3) is 0.769. The third-order valence-electron chi connectivity index (χ3n) is 3.23. The van der Waals surface area contributed by atoms with Crippen molar-refractivity contribution in [1.82, 2.24) is 4.90 Å². The van der Waals surface area contributed by atoms with Crippen LogP contribution in [-0.4, -0.2) is 48.8 Å². The summed E-state index contributed by atoms with van der Waals surface area (Å²) in [4.78, 5) is 13.2. The average molecular weight is 276 g/mol. The van der Waals surface area contributed by atoms with Crippen molar-refractivity contribution in [3.63, 3.8) is 0 Å². The Hall–Kier alpha value is -0.580. The summed E-state index contributed by atoms with van der Waals surface area (Å²) in [5.74, 6) is 0.298. The fourth-order valence-electron chi connectivity index (χ4n) is 1.83. The summed E-state index contributed by atoms with van der Waals surface area (Å²) in [5.41, 5.74) is 0. The maximum absolute atomic E-state index is 11.6. The highest BCUT2D eigenvalue weighted by atomic mass is 35.5. The van der Waals surface area contributed by atoms with Gasteiger partial charge in [-0.05, 0) is 19.3 Å². The Bertz CT molecular complexity index is 285. The number of alkyl halides is 1. The van der Waals surface area contributed by atoms with Crippen LogP contribution in [0.1, 0.15) is 20.3 Å². The quantitative estimate of drug-likeness (QED) is 0.569. The molecule has 0 aromatic heterocycles. The van der Waals surface area contributed by atoms with Crippen LogP contribution in [-0.2, 0) is 14.3 Å². The number of ether oxygens (including phenoxy) is 2. The molecule has 0 radical (unpaired) electrons. The second-order valence-corrected chi connectivity index (χ2v) is 4.90. The smallest absolute Gasteiger partial charge is 0.237 e. The lowest BCUT2D eigenvalue weighted by atomic mass is 10.0. The number of carbonyl (C=O) groups is 1. The van der Waals surface area contributed by atoms with Crippen molar-refractivity contribution in [2.24, 2.45) is 5.92 Å². The van der Waals surface area contributed by atoms with Gasteiger partial charge in [-0.2, -0.15) is 0 Å². The summed E-state index contributed by atoms with van der Waals surface area (Å²) < 4.78 is 11.4. The van der Waals surface area contributed by atoms with Gasteiger partial charge >= 0.3 is 0 Å². The van der Waals surface area contributed by atoms with Gasteiger partial charge in [-0.15, -0.1) is 18.2 Å². The van der Waals surface area contributed by atoms with Gasteiger partial charge in [-0.3, -0.25) is 4.79 Å². The van der Waals surface area contributed by atoms with Crippen molar-refractivity contribution >= 4 is 17.5 Å². The van der Waals surface area contributed by atoms with E-state index < -0.39 is 0 Å². The minimum atomic E-state index is -0.378.